The highest BCUT2D eigenvalue weighted by Gasteiger charge is 2.46. The molecule has 0 saturated carbocycles. The van der Waals surface area contributed by atoms with Gasteiger partial charge in [-0.25, -0.2) is 0 Å². The number of hydrogen-bond donors (Lipinski definition) is 1. The number of amides is 1. The van der Waals surface area contributed by atoms with E-state index in [0.717, 1.165) is 30.5 Å². The van der Waals surface area contributed by atoms with E-state index < -0.39 is 0 Å². The molecular weight excluding hydrogens is 350 g/mol. The molecule has 2 bridgehead atoms. The Kier molecular flexibility index (Phi) is 4.25. The number of aromatic nitrogens is 2. The maximum atomic E-state index is 12.7. The Hall–Kier alpha value is -2.65. The molecule has 3 heterocycles. The van der Waals surface area contributed by atoms with Gasteiger partial charge in [0.25, 0.3) is 5.91 Å². The molecule has 0 radical (unpaired) electrons. The molecule has 2 fully saturated rings. The van der Waals surface area contributed by atoms with Crippen molar-refractivity contribution in [3.63, 3.8) is 0 Å². The molecule has 0 aliphatic carbocycles. The molecule has 7 heteroatoms. The molecule has 1 aromatic carbocycles. The van der Waals surface area contributed by atoms with Crippen LogP contribution in [0.25, 0.3) is 11.3 Å². The van der Waals surface area contributed by atoms with Gasteiger partial charge in [0.2, 0.25) is 0 Å². The van der Waals surface area contributed by atoms with Crippen LogP contribution in [0.3, 0.4) is 0 Å². The van der Waals surface area contributed by atoms with Gasteiger partial charge < -0.3 is 10.2 Å². The number of fused-ring (bicyclic) bond motifs is 2. The van der Waals surface area contributed by atoms with Gasteiger partial charge in [0.05, 0.1) is 40.3 Å². The first-order chi connectivity index (χ1) is 12.6. The number of nitrogens with zero attached hydrogens (tertiary/aromatic N) is 4. The molecule has 4 rings (SSSR count). The van der Waals surface area contributed by atoms with Gasteiger partial charge >= 0.3 is 0 Å². The van der Waals surface area contributed by atoms with Crippen molar-refractivity contribution in [2.45, 2.75) is 44.3 Å². The normalized spacial score (nSPS) is 23.7. The number of nitriles is 1. The van der Waals surface area contributed by atoms with E-state index in [-0.39, 0.29) is 24.0 Å². The third kappa shape index (κ3) is 2.89. The van der Waals surface area contributed by atoms with Gasteiger partial charge in [0.1, 0.15) is 0 Å². The van der Waals surface area contributed by atoms with Crippen LogP contribution in [0.2, 0.25) is 5.02 Å². The van der Waals surface area contributed by atoms with Crippen LogP contribution in [-0.2, 0) is 0 Å². The zero-order valence-corrected chi connectivity index (χ0v) is 15.1. The third-order valence-electron chi connectivity index (χ3n) is 5.26. The first-order valence-electron chi connectivity index (χ1n) is 8.64. The van der Waals surface area contributed by atoms with E-state index in [0.29, 0.717) is 16.3 Å². The highest BCUT2D eigenvalue weighted by Crippen LogP contribution is 2.37. The Bertz CT molecular complexity index is 892. The minimum Gasteiger partial charge on any atom is -0.347 e. The molecule has 2 aliphatic heterocycles. The molecule has 26 heavy (non-hydrogen) atoms. The van der Waals surface area contributed by atoms with Crippen molar-refractivity contribution in [1.29, 1.82) is 5.26 Å². The minimum atomic E-state index is -0.202. The third-order valence-corrected chi connectivity index (χ3v) is 5.57. The highest BCUT2D eigenvalue weighted by atomic mass is 35.5. The highest BCUT2D eigenvalue weighted by molar-refractivity contribution is 6.34. The summed E-state index contributed by atoms with van der Waals surface area (Å²) >= 11 is 6.35. The van der Waals surface area contributed by atoms with E-state index in [1.807, 2.05) is 17.9 Å². The van der Waals surface area contributed by atoms with Crippen molar-refractivity contribution in [3.8, 4) is 17.5 Å². The van der Waals surface area contributed by atoms with E-state index in [1.165, 1.54) is 0 Å². The van der Waals surface area contributed by atoms with Crippen molar-refractivity contribution < 1.29 is 4.79 Å². The lowest BCUT2D eigenvalue weighted by atomic mass is 9.95. The van der Waals surface area contributed by atoms with Crippen LogP contribution >= 0.6 is 11.6 Å². The number of rotatable bonds is 3. The summed E-state index contributed by atoms with van der Waals surface area (Å²) in [5, 5.41) is 12.7. The Morgan fingerprint density at radius 2 is 2.19 bits per heavy atom. The van der Waals surface area contributed by atoms with Crippen LogP contribution < -0.4 is 5.32 Å². The second-order valence-electron chi connectivity index (χ2n) is 6.86. The first kappa shape index (κ1) is 16.8. The lowest BCUT2D eigenvalue weighted by Gasteiger charge is -2.22. The maximum Gasteiger partial charge on any atom is 0.253 e. The Labute approximate surface area is 156 Å². The topological polar surface area (TPSA) is 81.9 Å². The molecule has 2 aliphatic rings. The number of aryl methyl sites for hydroxylation is 1. The average molecular weight is 368 g/mol. The average Bonchev–Trinajstić information content (AvgIpc) is 3.18. The molecule has 0 spiro atoms. The summed E-state index contributed by atoms with van der Waals surface area (Å²) in [6, 6.07) is 5.63. The second kappa shape index (κ2) is 6.58. The van der Waals surface area contributed by atoms with Crippen molar-refractivity contribution in [2.75, 3.05) is 0 Å². The Balaban J connectivity index is 1.50. The molecular formula is C19H18ClN5O. The summed E-state index contributed by atoms with van der Waals surface area (Å²) in [5.74, 6) is -0.202. The van der Waals surface area contributed by atoms with Crippen LogP contribution in [0.15, 0.2) is 30.6 Å². The number of halogens is 1. The Morgan fingerprint density at radius 3 is 2.85 bits per heavy atom. The summed E-state index contributed by atoms with van der Waals surface area (Å²) in [6.07, 6.45) is 8.42. The van der Waals surface area contributed by atoms with Gasteiger partial charge in [0.15, 0.2) is 6.19 Å². The molecule has 2 saturated heterocycles. The maximum absolute atomic E-state index is 12.7. The van der Waals surface area contributed by atoms with Crippen molar-refractivity contribution in [2.24, 2.45) is 0 Å². The number of benzene rings is 1. The summed E-state index contributed by atoms with van der Waals surface area (Å²) in [7, 11) is 0. The molecule has 2 aromatic rings. The lowest BCUT2D eigenvalue weighted by Crippen LogP contribution is -2.43. The molecule has 1 N–H and O–H groups in total. The van der Waals surface area contributed by atoms with E-state index in [9.17, 15) is 10.1 Å². The predicted octanol–water partition coefficient (Wildman–Crippen LogP) is 2.92. The molecule has 3 atom stereocenters. The molecule has 132 valence electrons. The van der Waals surface area contributed by atoms with Crippen LogP contribution in [0.5, 0.6) is 0 Å². The number of nitrogens with one attached hydrogen (secondary N) is 1. The molecule has 6 nitrogen and oxygen atoms in total. The number of carbonyl (C=O) groups excluding carboxylic acids is 1. The fourth-order valence-electron chi connectivity index (χ4n) is 3.95. The standard InChI is InChI=1S/C19H18ClN5O/c1-11-8-23-17(9-22-11)12-2-4-14(15(20)6-12)19(26)24-16-7-13-3-5-18(16)25(13)10-21/h2,4,6,8-9,13,16,18H,3,5,7H2,1H3,(H,24,26)/t13-,16+,18+/m0/s1. The van der Waals surface area contributed by atoms with Crippen LogP contribution in [0, 0.1) is 18.4 Å². The predicted molar refractivity (Wildman–Crippen MR) is 97.3 cm³/mol. The SMILES string of the molecule is Cc1cnc(-c2ccc(C(=O)N[C@@H]3C[C@@H]4CC[C@H]3N4C#N)c(Cl)c2)cn1. The van der Waals surface area contributed by atoms with Gasteiger partial charge in [-0.3, -0.25) is 14.8 Å². The smallest absolute Gasteiger partial charge is 0.253 e. The minimum absolute atomic E-state index is 0.000363. The molecule has 1 amide bonds. The fraction of sp³-hybridized carbons (Fsp3) is 0.368. The monoisotopic (exact) mass is 367 g/mol. The summed E-state index contributed by atoms with van der Waals surface area (Å²) in [6.45, 7) is 1.88. The molecule has 0 unspecified atom stereocenters. The fourth-order valence-corrected chi connectivity index (χ4v) is 4.21. The second-order valence-corrected chi connectivity index (χ2v) is 7.27. The van der Waals surface area contributed by atoms with E-state index >= 15 is 0 Å². The van der Waals surface area contributed by atoms with Crippen LogP contribution in [0.4, 0.5) is 0 Å². The quantitative estimate of drug-likeness (QED) is 0.843. The van der Waals surface area contributed by atoms with Crippen LogP contribution in [0.1, 0.15) is 35.3 Å². The van der Waals surface area contributed by atoms with E-state index in [2.05, 4.69) is 21.5 Å². The first-order valence-corrected chi connectivity index (χ1v) is 9.02. The number of hydrogen-bond acceptors (Lipinski definition) is 5. The van der Waals surface area contributed by atoms with Gasteiger partial charge in [0, 0.05) is 17.8 Å². The lowest BCUT2D eigenvalue weighted by molar-refractivity contribution is 0.0928. The van der Waals surface area contributed by atoms with Gasteiger partial charge in [-0.1, -0.05) is 17.7 Å². The van der Waals surface area contributed by atoms with Gasteiger partial charge in [-0.2, -0.15) is 5.26 Å². The summed E-state index contributed by atoms with van der Waals surface area (Å²) in [5.41, 5.74) is 2.80. The largest absolute Gasteiger partial charge is 0.347 e. The zero-order valence-electron chi connectivity index (χ0n) is 14.3. The van der Waals surface area contributed by atoms with E-state index in [4.69, 9.17) is 11.6 Å². The van der Waals surface area contributed by atoms with Crippen molar-refractivity contribution in [1.82, 2.24) is 20.2 Å². The van der Waals surface area contributed by atoms with Crippen molar-refractivity contribution >= 4 is 17.5 Å². The van der Waals surface area contributed by atoms with Gasteiger partial charge in [-0.05, 0) is 38.3 Å². The number of carbonyl (C=O) groups is 1. The van der Waals surface area contributed by atoms with Crippen molar-refractivity contribution in [3.05, 3.63) is 46.9 Å². The van der Waals surface area contributed by atoms with Gasteiger partial charge in [-0.15, -0.1) is 0 Å². The molecule has 1 aromatic heterocycles. The summed E-state index contributed by atoms with van der Waals surface area (Å²) in [4.78, 5) is 23.1. The van der Waals surface area contributed by atoms with Crippen LogP contribution in [-0.4, -0.2) is 38.9 Å². The zero-order chi connectivity index (χ0) is 18.3. The Morgan fingerprint density at radius 1 is 1.35 bits per heavy atom. The summed E-state index contributed by atoms with van der Waals surface area (Å²) < 4.78 is 0. The van der Waals surface area contributed by atoms with E-state index in [1.54, 1.807) is 24.5 Å².